The number of guanidine groups is 1. The van der Waals surface area contributed by atoms with Crippen molar-refractivity contribution < 1.29 is 37.6 Å². The normalized spacial score (nSPS) is 11.2. The summed E-state index contributed by atoms with van der Waals surface area (Å²) >= 11 is 0. The Morgan fingerprint density at radius 3 is 1.73 bits per heavy atom. The number of carbonyl (C=O) groups excluding carboxylic acids is 3. The highest BCUT2D eigenvalue weighted by Crippen LogP contribution is 2.52. The van der Waals surface area contributed by atoms with Gasteiger partial charge in [0.15, 0.2) is 11.7 Å². The second kappa shape index (κ2) is 18.0. The zero-order valence-electron chi connectivity index (χ0n) is 25.1. The van der Waals surface area contributed by atoms with Gasteiger partial charge in [0.1, 0.15) is 18.1 Å². The Hall–Kier alpha value is -4.91. The van der Waals surface area contributed by atoms with Gasteiger partial charge >= 0.3 is 14.5 Å². The van der Waals surface area contributed by atoms with E-state index in [0.29, 0.717) is 47.3 Å². The minimum absolute atomic E-state index is 0.000555. The van der Waals surface area contributed by atoms with Crippen molar-refractivity contribution in [2.75, 3.05) is 44.2 Å². The first-order valence-electron chi connectivity index (χ1n) is 13.7. The molecule has 3 amide bonds. The smallest absolute Gasteiger partial charge is 0.408 e. The summed E-state index contributed by atoms with van der Waals surface area (Å²) in [5.41, 5.74) is 13.3. The molecule has 3 aromatic rings. The van der Waals surface area contributed by atoms with E-state index in [1.807, 2.05) is 0 Å². The molecule has 0 heterocycles. The Labute approximate surface area is 262 Å². The van der Waals surface area contributed by atoms with Gasteiger partial charge in [0.05, 0.1) is 25.5 Å². The number of alkyl carbamates (subject to hydrolysis) is 1. The molecule has 1 atom stereocenters. The van der Waals surface area contributed by atoms with Gasteiger partial charge in [-0.3, -0.25) is 9.59 Å². The van der Waals surface area contributed by atoms with Crippen molar-refractivity contribution in [1.82, 2.24) is 5.32 Å². The summed E-state index contributed by atoms with van der Waals surface area (Å²) in [7, 11) is -0.447. The molecule has 1 unspecified atom stereocenters. The number of nitrogens with zero attached hydrogens (tertiary/aromatic N) is 1. The van der Waals surface area contributed by atoms with Crippen LogP contribution in [0.25, 0.3) is 0 Å². The molecule has 0 aliphatic carbocycles. The minimum atomic E-state index is -2.01. The minimum Gasteiger partial charge on any atom is -0.447 e. The summed E-state index contributed by atoms with van der Waals surface area (Å²) in [4.78, 5) is 40.0. The summed E-state index contributed by atoms with van der Waals surface area (Å²) in [6, 6.07) is 20.2. The van der Waals surface area contributed by atoms with Gasteiger partial charge in [0.2, 0.25) is 11.8 Å². The summed E-state index contributed by atoms with van der Waals surface area (Å²) in [5.74, 6) is -0.572. The number of hydrogen-bond acceptors (Lipinski definition) is 9. The number of ether oxygens (including phenoxy) is 3. The number of benzene rings is 3. The Balaban J connectivity index is 1.92. The van der Waals surface area contributed by atoms with Crippen LogP contribution in [0.15, 0.2) is 77.8 Å². The van der Waals surface area contributed by atoms with Gasteiger partial charge in [-0.15, -0.1) is 0 Å². The molecular formula is C30H37N6O8P. The molecule has 0 radical (unpaired) electrons. The van der Waals surface area contributed by atoms with Gasteiger partial charge in [0, 0.05) is 32.3 Å². The van der Waals surface area contributed by atoms with Crippen LogP contribution in [-0.2, 0) is 23.8 Å². The van der Waals surface area contributed by atoms with Crippen LogP contribution in [0.1, 0.15) is 25.2 Å². The number of nitrogens with one attached hydrogen (secondary N) is 3. The topological polar surface area (TPSA) is 198 Å². The second-order valence-corrected chi connectivity index (χ2v) is 10.7. The molecule has 3 rings (SSSR count). The largest absolute Gasteiger partial charge is 0.447 e. The maximum Gasteiger partial charge on any atom is 0.408 e. The number of anilines is 2. The van der Waals surface area contributed by atoms with E-state index < -0.39 is 20.3 Å². The third-order valence-electron chi connectivity index (χ3n) is 5.57. The number of rotatable bonds is 16. The second-order valence-electron chi connectivity index (χ2n) is 9.30. The summed E-state index contributed by atoms with van der Waals surface area (Å²) < 4.78 is 28.3. The Morgan fingerprint density at radius 2 is 1.27 bits per heavy atom. The molecule has 0 spiro atoms. The predicted octanol–water partition coefficient (Wildman–Crippen LogP) is 4.37. The highest BCUT2D eigenvalue weighted by Gasteiger charge is 2.32. The van der Waals surface area contributed by atoms with E-state index in [-0.39, 0.29) is 31.0 Å². The van der Waals surface area contributed by atoms with Crippen LogP contribution in [0.3, 0.4) is 0 Å². The third-order valence-corrected chi connectivity index (χ3v) is 7.20. The molecule has 14 nitrogen and oxygen atoms in total. The van der Waals surface area contributed by atoms with Gasteiger partial charge < -0.3 is 50.7 Å². The lowest BCUT2D eigenvalue weighted by atomic mass is 10.2. The van der Waals surface area contributed by atoms with Gasteiger partial charge in [-0.2, -0.15) is 0 Å². The van der Waals surface area contributed by atoms with E-state index in [1.165, 1.54) is 13.8 Å². The zero-order valence-corrected chi connectivity index (χ0v) is 26.0. The third kappa shape index (κ3) is 12.7. The van der Waals surface area contributed by atoms with Crippen LogP contribution in [0.5, 0.6) is 11.5 Å². The molecule has 0 saturated carbocycles. The number of methoxy groups -OCH3 is 1. The molecule has 15 heteroatoms. The summed E-state index contributed by atoms with van der Waals surface area (Å²) in [6.45, 7) is 3.78. The van der Waals surface area contributed by atoms with Gasteiger partial charge in [-0.05, 0) is 66.2 Å². The fourth-order valence-electron chi connectivity index (χ4n) is 3.67. The van der Waals surface area contributed by atoms with E-state index >= 15 is 0 Å². The number of aliphatic imine (C=N–C) groups is 1. The van der Waals surface area contributed by atoms with Crippen molar-refractivity contribution in [3.63, 3.8) is 0 Å². The molecule has 0 bridgehead atoms. The van der Waals surface area contributed by atoms with E-state index in [9.17, 15) is 14.4 Å². The first-order valence-corrected chi connectivity index (χ1v) is 15.0. The van der Waals surface area contributed by atoms with Gasteiger partial charge in [-0.1, -0.05) is 12.1 Å². The van der Waals surface area contributed by atoms with Crippen molar-refractivity contribution in [2.45, 2.75) is 19.6 Å². The van der Waals surface area contributed by atoms with Crippen LogP contribution in [0.2, 0.25) is 0 Å². The number of hydrogen-bond donors (Lipinski definition) is 5. The van der Waals surface area contributed by atoms with E-state index in [1.54, 1.807) is 79.9 Å². The van der Waals surface area contributed by atoms with Crippen LogP contribution >= 0.6 is 8.38 Å². The van der Waals surface area contributed by atoms with Crippen molar-refractivity contribution in [1.29, 1.82) is 0 Å². The molecular weight excluding hydrogens is 603 g/mol. The molecule has 0 saturated heterocycles. The maximum atomic E-state index is 13.0. The fourth-order valence-corrected chi connectivity index (χ4v) is 5.20. The Morgan fingerprint density at radius 1 is 0.756 bits per heavy atom. The maximum absolute atomic E-state index is 13.0. The molecule has 0 aromatic heterocycles. The average molecular weight is 641 g/mol. The van der Waals surface area contributed by atoms with Crippen molar-refractivity contribution in [3.05, 3.63) is 78.4 Å². The zero-order chi connectivity index (χ0) is 32.6. The first-order chi connectivity index (χ1) is 21.6. The molecule has 3 aromatic carbocycles. The van der Waals surface area contributed by atoms with Gasteiger partial charge in [0.25, 0.3) is 0 Å². The monoisotopic (exact) mass is 640 g/mol. The van der Waals surface area contributed by atoms with Crippen LogP contribution in [-0.4, -0.2) is 57.4 Å². The quantitative estimate of drug-likeness (QED) is 0.0649. The Kier molecular flexibility index (Phi) is 13.9. The molecule has 45 heavy (non-hydrogen) atoms. The van der Waals surface area contributed by atoms with Crippen molar-refractivity contribution in [3.8, 4) is 11.5 Å². The fraction of sp³-hybridized carbons (Fsp3) is 0.267. The first kappa shape index (κ1) is 34.6. The lowest BCUT2D eigenvalue weighted by molar-refractivity contribution is -0.115. The molecule has 240 valence electrons. The highest BCUT2D eigenvalue weighted by atomic mass is 31.2. The molecule has 7 N–H and O–H groups in total. The average Bonchev–Trinajstić information content (AvgIpc) is 2.99. The predicted molar refractivity (Wildman–Crippen MR) is 171 cm³/mol. The van der Waals surface area contributed by atoms with Crippen molar-refractivity contribution >= 4 is 49.3 Å². The number of nitrogens with two attached hydrogens (primary N) is 2. The van der Waals surface area contributed by atoms with Crippen LogP contribution in [0.4, 0.5) is 21.9 Å². The lowest BCUT2D eigenvalue weighted by Gasteiger charge is -2.27. The summed E-state index contributed by atoms with van der Waals surface area (Å²) in [5, 5.41) is 8.26. The Bertz CT molecular complexity index is 1360. The van der Waals surface area contributed by atoms with Gasteiger partial charge in [-0.25, -0.2) is 9.79 Å². The highest BCUT2D eigenvalue weighted by molar-refractivity contribution is 7.48. The SMILES string of the molecule is COCCOCCOC(=O)NC(c1ccc(N=C(N)N)cc1)P(Oc1ccc(NC(C)=O)cc1)Oc1ccc(NC(C)=O)cc1. The number of carbonyl (C=O) groups is 3. The van der Waals surface area contributed by atoms with Crippen LogP contribution in [0, 0.1) is 0 Å². The molecule has 0 fully saturated rings. The van der Waals surface area contributed by atoms with E-state index in [2.05, 4.69) is 20.9 Å². The van der Waals surface area contributed by atoms with E-state index in [0.717, 1.165) is 0 Å². The van der Waals surface area contributed by atoms with Crippen LogP contribution < -0.4 is 36.5 Å². The molecule has 0 aliphatic rings. The van der Waals surface area contributed by atoms with E-state index in [4.69, 9.17) is 34.7 Å². The summed E-state index contributed by atoms with van der Waals surface area (Å²) in [6.07, 6.45) is -0.731. The number of amides is 3. The molecule has 0 aliphatic heterocycles. The lowest BCUT2D eigenvalue weighted by Crippen LogP contribution is -2.31. The standard InChI is InChI=1S/C30H37N6O8P/c1-20(37)33-23-8-12-26(13-9-23)43-45(44-27-14-10-24(11-15-27)34-21(2)38)28(22-4-6-25(7-5-22)35-29(31)32)36-30(39)42-19-18-41-17-16-40-3/h4-15,28H,16-19H2,1-3H3,(H,33,37)(H,34,38)(H,36,39)(H4,31,32,35). The van der Waals surface area contributed by atoms with Crippen molar-refractivity contribution in [2.24, 2.45) is 16.5 Å².